The van der Waals surface area contributed by atoms with Crippen LogP contribution in [0.2, 0.25) is 0 Å². The molecule has 1 heterocycles. The van der Waals surface area contributed by atoms with Crippen LogP contribution >= 0.6 is 0 Å². The Bertz CT molecular complexity index is 304. The lowest BCUT2D eigenvalue weighted by atomic mass is 9.77. The first-order valence-corrected chi connectivity index (χ1v) is 10.8. The van der Waals surface area contributed by atoms with E-state index in [9.17, 15) is 0 Å². The molecule has 0 aromatic rings. The van der Waals surface area contributed by atoms with E-state index in [2.05, 4.69) is 51.9 Å². The van der Waals surface area contributed by atoms with Crippen molar-refractivity contribution < 1.29 is 0 Å². The summed E-state index contributed by atoms with van der Waals surface area (Å²) in [4.78, 5) is 2.57. The summed E-state index contributed by atoms with van der Waals surface area (Å²) in [5, 5.41) is 3.85. The first kappa shape index (κ1) is 22.0. The lowest BCUT2D eigenvalue weighted by molar-refractivity contribution is -0.0180. The van der Waals surface area contributed by atoms with Crippen molar-refractivity contribution in [1.29, 1.82) is 0 Å². The minimum Gasteiger partial charge on any atom is -0.314 e. The summed E-state index contributed by atoms with van der Waals surface area (Å²) in [6.45, 7) is 13.1. The van der Waals surface area contributed by atoms with Crippen molar-refractivity contribution in [2.24, 2.45) is 0 Å². The Balaban J connectivity index is 2.03. The standard InChI is InChI=1S/C22H46N2/c1-7-8-9-10-11-12-13-14-15-16-17-23-20-18-21(2,3)24(6)22(4,5)19-20/h20,23H,7-19H2,1-6H3. The number of hydrogen-bond acceptors (Lipinski definition) is 2. The summed E-state index contributed by atoms with van der Waals surface area (Å²) < 4.78 is 0. The van der Waals surface area contributed by atoms with E-state index in [-0.39, 0.29) is 0 Å². The molecule has 0 aromatic heterocycles. The number of piperidine rings is 1. The molecule has 0 radical (unpaired) electrons. The van der Waals surface area contributed by atoms with Crippen molar-refractivity contribution in [3.05, 3.63) is 0 Å². The molecule has 1 rings (SSSR count). The van der Waals surface area contributed by atoms with Crippen molar-refractivity contribution in [2.45, 2.75) is 129 Å². The first-order valence-electron chi connectivity index (χ1n) is 10.8. The SMILES string of the molecule is CCCCCCCCCCCCNC1CC(C)(C)N(C)C(C)(C)C1. The summed E-state index contributed by atoms with van der Waals surface area (Å²) in [6.07, 6.45) is 16.8. The molecule has 2 heteroatoms. The minimum atomic E-state index is 0.303. The van der Waals surface area contributed by atoms with Crippen molar-refractivity contribution in [1.82, 2.24) is 10.2 Å². The van der Waals surface area contributed by atoms with Gasteiger partial charge in [-0.05, 0) is 60.5 Å². The van der Waals surface area contributed by atoms with Gasteiger partial charge < -0.3 is 5.32 Å². The number of nitrogens with zero attached hydrogens (tertiary/aromatic N) is 1. The van der Waals surface area contributed by atoms with Crippen LogP contribution in [0.15, 0.2) is 0 Å². The number of nitrogens with one attached hydrogen (secondary N) is 1. The van der Waals surface area contributed by atoms with Crippen LogP contribution < -0.4 is 5.32 Å². The smallest absolute Gasteiger partial charge is 0.0170 e. The van der Waals surface area contributed by atoms with Crippen LogP contribution in [-0.4, -0.2) is 35.6 Å². The van der Waals surface area contributed by atoms with Gasteiger partial charge in [0, 0.05) is 17.1 Å². The molecule has 2 nitrogen and oxygen atoms in total. The Hall–Kier alpha value is -0.0800. The Morgan fingerprint density at radius 2 is 1.17 bits per heavy atom. The molecule has 0 bridgehead atoms. The number of rotatable bonds is 12. The van der Waals surface area contributed by atoms with Crippen LogP contribution in [0.3, 0.4) is 0 Å². The molecule has 1 N–H and O–H groups in total. The highest BCUT2D eigenvalue weighted by Crippen LogP contribution is 2.36. The van der Waals surface area contributed by atoms with E-state index in [4.69, 9.17) is 0 Å². The fourth-order valence-corrected chi connectivity index (χ4v) is 4.43. The van der Waals surface area contributed by atoms with Crippen LogP contribution in [0.5, 0.6) is 0 Å². The molecule has 144 valence electrons. The van der Waals surface area contributed by atoms with Crippen LogP contribution in [0.4, 0.5) is 0 Å². The average Bonchev–Trinajstić information content (AvgIpc) is 2.50. The predicted molar refractivity (Wildman–Crippen MR) is 109 cm³/mol. The maximum absolute atomic E-state index is 3.85. The van der Waals surface area contributed by atoms with Crippen molar-refractivity contribution >= 4 is 0 Å². The van der Waals surface area contributed by atoms with Gasteiger partial charge in [0.25, 0.3) is 0 Å². The molecule has 0 unspecified atom stereocenters. The molecule has 1 aliphatic rings. The molecule has 0 spiro atoms. The highest BCUT2D eigenvalue weighted by molar-refractivity contribution is 5.00. The van der Waals surface area contributed by atoms with Crippen LogP contribution in [0.1, 0.15) is 112 Å². The highest BCUT2D eigenvalue weighted by atomic mass is 15.2. The van der Waals surface area contributed by atoms with Gasteiger partial charge in [-0.1, -0.05) is 64.7 Å². The monoisotopic (exact) mass is 338 g/mol. The molecule has 24 heavy (non-hydrogen) atoms. The van der Waals surface area contributed by atoms with Crippen molar-refractivity contribution in [3.8, 4) is 0 Å². The van der Waals surface area contributed by atoms with Gasteiger partial charge in [-0.25, -0.2) is 0 Å². The second-order valence-electron chi connectivity index (χ2n) is 9.43. The fraction of sp³-hybridized carbons (Fsp3) is 1.00. The van der Waals surface area contributed by atoms with E-state index in [0.717, 1.165) is 0 Å². The minimum absolute atomic E-state index is 0.303. The molecule has 1 aliphatic heterocycles. The van der Waals surface area contributed by atoms with E-state index < -0.39 is 0 Å². The van der Waals surface area contributed by atoms with E-state index in [0.29, 0.717) is 17.1 Å². The zero-order chi connectivity index (χ0) is 18.1. The third-order valence-electron chi connectivity index (χ3n) is 6.27. The van der Waals surface area contributed by atoms with E-state index in [1.807, 2.05) is 0 Å². The Labute approximate surface area is 153 Å². The van der Waals surface area contributed by atoms with Gasteiger partial charge in [-0.2, -0.15) is 0 Å². The van der Waals surface area contributed by atoms with E-state index in [1.54, 1.807) is 0 Å². The molecule has 0 aromatic carbocycles. The third-order valence-corrected chi connectivity index (χ3v) is 6.27. The fourth-order valence-electron chi connectivity index (χ4n) is 4.43. The summed E-state index contributed by atoms with van der Waals surface area (Å²) in [7, 11) is 2.29. The number of hydrogen-bond donors (Lipinski definition) is 1. The summed E-state index contributed by atoms with van der Waals surface area (Å²) in [5.74, 6) is 0. The summed E-state index contributed by atoms with van der Waals surface area (Å²) in [6, 6.07) is 0.685. The molecule has 0 amide bonds. The largest absolute Gasteiger partial charge is 0.314 e. The summed E-state index contributed by atoms with van der Waals surface area (Å²) in [5.41, 5.74) is 0.606. The molecule has 0 saturated carbocycles. The third kappa shape index (κ3) is 7.87. The lowest BCUT2D eigenvalue weighted by Gasteiger charge is -2.53. The summed E-state index contributed by atoms with van der Waals surface area (Å²) >= 11 is 0. The van der Waals surface area contributed by atoms with Crippen LogP contribution in [0, 0.1) is 0 Å². The van der Waals surface area contributed by atoms with Gasteiger partial charge >= 0.3 is 0 Å². The molecular formula is C22H46N2. The topological polar surface area (TPSA) is 15.3 Å². The zero-order valence-electron chi connectivity index (χ0n) is 17.7. The maximum Gasteiger partial charge on any atom is 0.0170 e. The van der Waals surface area contributed by atoms with Gasteiger partial charge in [0.1, 0.15) is 0 Å². The number of likely N-dealkylation sites (tertiary alicyclic amines) is 1. The van der Waals surface area contributed by atoms with Crippen LogP contribution in [-0.2, 0) is 0 Å². The lowest BCUT2D eigenvalue weighted by Crippen LogP contribution is -2.62. The Morgan fingerprint density at radius 3 is 1.62 bits per heavy atom. The molecular weight excluding hydrogens is 292 g/mol. The molecule has 0 atom stereocenters. The quantitative estimate of drug-likeness (QED) is 0.429. The van der Waals surface area contributed by atoms with E-state index in [1.165, 1.54) is 83.6 Å². The second-order valence-corrected chi connectivity index (χ2v) is 9.43. The van der Waals surface area contributed by atoms with Crippen molar-refractivity contribution in [2.75, 3.05) is 13.6 Å². The molecule has 0 aliphatic carbocycles. The molecule has 1 saturated heterocycles. The van der Waals surface area contributed by atoms with Gasteiger partial charge in [0.05, 0.1) is 0 Å². The van der Waals surface area contributed by atoms with Gasteiger partial charge in [-0.3, -0.25) is 4.90 Å². The normalized spacial score (nSPS) is 21.2. The van der Waals surface area contributed by atoms with Crippen molar-refractivity contribution in [3.63, 3.8) is 0 Å². The second kappa shape index (κ2) is 10.8. The Kier molecular flexibility index (Phi) is 9.89. The number of unbranched alkanes of at least 4 members (excludes halogenated alkanes) is 9. The van der Waals surface area contributed by atoms with Crippen LogP contribution in [0.25, 0.3) is 0 Å². The first-order chi connectivity index (χ1) is 11.3. The zero-order valence-corrected chi connectivity index (χ0v) is 17.7. The highest BCUT2D eigenvalue weighted by Gasteiger charge is 2.42. The molecule has 1 fully saturated rings. The van der Waals surface area contributed by atoms with E-state index >= 15 is 0 Å². The van der Waals surface area contributed by atoms with Gasteiger partial charge in [0.2, 0.25) is 0 Å². The van der Waals surface area contributed by atoms with Gasteiger partial charge in [0.15, 0.2) is 0 Å². The average molecular weight is 339 g/mol. The van der Waals surface area contributed by atoms with Gasteiger partial charge in [-0.15, -0.1) is 0 Å². The Morgan fingerprint density at radius 1 is 0.750 bits per heavy atom. The predicted octanol–water partition coefficient (Wildman–Crippen LogP) is 6.15. The maximum atomic E-state index is 3.85.